The first-order valence-electron chi connectivity index (χ1n) is 12.0. The van der Waals surface area contributed by atoms with E-state index in [9.17, 15) is 23.1 Å². The zero-order valence-corrected chi connectivity index (χ0v) is 19.9. The molecule has 35 heavy (non-hydrogen) atoms. The number of aromatic nitrogens is 4. The second-order valence-corrected chi connectivity index (χ2v) is 12.3. The van der Waals surface area contributed by atoms with E-state index < -0.39 is 16.7 Å². The number of hydrogen-bond acceptors (Lipinski definition) is 7. The van der Waals surface area contributed by atoms with E-state index in [1.807, 2.05) is 14.5 Å². The van der Waals surface area contributed by atoms with Crippen LogP contribution in [0.5, 0.6) is 0 Å². The number of urea groups is 1. The molecule has 2 spiro atoms. The van der Waals surface area contributed by atoms with Gasteiger partial charge < -0.3 is 14.9 Å². The number of hydrogen-bond donors (Lipinski definition) is 1. The summed E-state index contributed by atoms with van der Waals surface area (Å²) < 4.78 is 44.1. The Balaban J connectivity index is 0.845. The fourth-order valence-corrected chi connectivity index (χ4v) is 6.97. The minimum absolute atomic E-state index is 0.0824. The van der Waals surface area contributed by atoms with Crippen molar-refractivity contribution in [3.8, 4) is 0 Å². The van der Waals surface area contributed by atoms with Crippen molar-refractivity contribution in [2.75, 3.05) is 39.3 Å². The molecule has 5 aliphatic rings. The zero-order chi connectivity index (χ0) is 24.2. The summed E-state index contributed by atoms with van der Waals surface area (Å²) in [5, 5.41) is 14.6. The Kier molecular flexibility index (Phi) is 4.36. The first kappa shape index (κ1) is 22.0. The van der Waals surface area contributed by atoms with Gasteiger partial charge >= 0.3 is 12.2 Å². The van der Waals surface area contributed by atoms with E-state index in [1.165, 1.54) is 0 Å². The van der Waals surface area contributed by atoms with Crippen molar-refractivity contribution in [2.24, 2.45) is 10.8 Å². The molecule has 13 heteroatoms. The van der Waals surface area contributed by atoms with Crippen LogP contribution in [0.2, 0.25) is 0 Å². The highest BCUT2D eigenvalue weighted by molar-refractivity contribution is 7.05. The van der Waals surface area contributed by atoms with Gasteiger partial charge in [0, 0.05) is 56.6 Å². The van der Waals surface area contributed by atoms with Gasteiger partial charge in [-0.1, -0.05) is 0 Å². The Morgan fingerprint density at radius 1 is 1.09 bits per heavy atom. The van der Waals surface area contributed by atoms with Gasteiger partial charge in [0.1, 0.15) is 16.8 Å². The van der Waals surface area contributed by atoms with Crippen LogP contribution in [0.1, 0.15) is 48.1 Å². The molecule has 2 saturated carbocycles. The minimum Gasteiger partial charge on any atom is -0.382 e. The third-order valence-electron chi connectivity index (χ3n) is 8.35. The van der Waals surface area contributed by atoms with Crippen LogP contribution < -0.4 is 0 Å². The van der Waals surface area contributed by atoms with E-state index in [4.69, 9.17) is 0 Å². The number of aliphatic hydroxyl groups is 1. The van der Waals surface area contributed by atoms with Gasteiger partial charge in [-0.25, -0.2) is 14.5 Å². The van der Waals surface area contributed by atoms with Crippen LogP contribution in [0.25, 0.3) is 0 Å². The summed E-state index contributed by atoms with van der Waals surface area (Å²) >= 11 is 0.501. The van der Waals surface area contributed by atoms with Gasteiger partial charge in [-0.15, -0.1) is 0 Å². The lowest BCUT2D eigenvalue weighted by Crippen LogP contribution is -2.75. The lowest BCUT2D eigenvalue weighted by Gasteiger charge is -2.63. The molecule has 0 atom stereocenters. The van der Waals surface area contributed by atoms with Gasteiger partial charge in [0.2, 0.25) is 0 Å². The summed E-state index contributed by atoms with van der Waals surface area (Å²) in [7, 11) is 0. The molecule has 2 amide bonds. The van der Waals surface area contributed by atoms with Crippen molar-refractivity contribution >= 4 is 17.6 Å². The van der Waals surface area contributed by atoms with Crippen molar-refractivity contribution in [3.63, 3.8) is 0 Å². The summed E-state index contributed by atoms with van der Waals surface area (Å²) in [6.45, 7) is 4.97. The molecular formula is C22H26F3N7O2S. The lowest BCUT2D eigenvalue weighted by molar-refractivity contribution is -0.134. The van der Waals surface area contributed by atoms with E-state index in [2.05, 4.69) is 19.4 Å². The first-order valence-corrected chi connectivity index (χ1v) is 12.7. The average molecular weight is 510 g/mol. The van der Waals surface area contributed by atoms with E-state index >= 15 is 0 Å². The molecule has 9 nitrogen and oxygen atoms in total. The molecule has 7 rings (SSSR count). The molecule has 3 aliphatic heterocycles. The van der Waals surface area contributed by atoms with Gasteiger partial charge in [-0.3, -0.25) is 4.90 Å². The second-order valence-electron chi connectivity index (χ2n) is 11.5. The summed E-state index contributed by atoms with van der Waals surface area (Å²) in [5.41, 5.74) is -0.0872. The molecule has 2 aromatic heterocycles. The van der Waals surface area contributed by atoms with Crippen LogP contribution in [0, 0.1) is 10.8 Å². The number of likely N-dealkylation sites (tertiary alicyclic amines) is 3. The van der Waals surface area contributed by atoms with Crippen molar-refractivity contribution in [2.45, 2.75) is 50.0 Å². The Morgan fingerprint density at radius 3 is 2.34 bits per heavy atom. The topological polar surface area (TPSA) is 90.6 Å². The minimum atomic E-state index is -4.34. The Labute approximate surface area is 203 Å². The number of carbonyl (C=O) groups excluding carboxylic acids is 1. The highest BCUT2D eigenvalue weighted by Gasteiger charge is 2.58. The van der Waals surface area contributed by atoms with Crippen molar-refractivity contribution in [1.29, 1.82) is 0 Å². The van der Waals surface area contributed by atoms with Crippen LogP contribution in [0.3, 0.4) is 0 Å². The molecule has 0 bridgehead atoms. The zero-order valence-electron chi connectivity index (χ0n) is 19.0. The fourth-order valence-electron chi connectivity index (χ4n) is 6.35. The number of rotatable bonds is 4. The van der Waals surface area contributed by atoms with E-state index in [0.717, 1.165) is 57.9 Å². The maximum atomic E-state index is 12.9. The number of amides is 2. The Bertz CT molecular complexity index is 1160. The Morgan fingerprint density at radius 2 is 1.74 bits per heavy atom. The van der Waals surface area contributed by atoms with Crippen LogP contribution >= 0.6 is 11.5 Å². The van der Waals surface area contributed by atoms with Crippen molar-refractivity contribution < 1.29 is 23.1 Å². The van der Waals surface area contributed by atoms with Gasteiger partial charge in [0.15, 0.2) is 5.82 Å². The summed E-state index contributed by atoms with van der Waals surface area (Å²) in [6.07, 6.45) is 0.791. The molecule has 5 heterocycles. The summed E-state index contributed by atoms with van der Waals surface area (Å²) in [4.78, 5) is 22.4. The first-order chi connectivity index (χ1) is 16.5. The highest BCUT2D eigenvalue weighted by Crippen LogP contribution is 2.55. The smallest absolute Gasteiger partial charge is 0.382 e. The molecular weight excluding hydrogens is 483 g/mol. The molecule has 2 aliphatic carbocycles. The normalized spacial score (nSPS) is 26.3. The van der Waals surface area contributed by atoms with Gasteiger partial charge in [0.05, 0.1) is 11.7 Å². The SMILES string of the molecule is O=C(N1CC2(CC(n3cnc(C4(O)CC4)n3)C2)C1)N1CC2(CN(Cc3cc(C(F)(F)F)sn3)C2)C1. The number of nitrogens with zero attached hydrogens (tertiary/aromatic N) is 7. The predicted molar refractivity (Wildman–Crippen MR) is 117 cm³/mol. The highest BCUT2D eigenvalue weighted by atomic mass is 32.1. The second kappa shape index (κ2) is 6.94. The third-order valence-corrected chi connectivity index (χ3v) is 9.22. The molecule has 188 valence electrons. The van der Waals surface area contributed by atoms with Crippen LogP contribution in [0.4, 0.5) is 18.0 Å². The molecule has 0 radical (unpaired) electrons. The van der Waals surface area contributed by atoms with Crippen LogP contribution in [-0.4, -0.2) is 84.2 Å². The maximum absolute atomic E-state index is 12.9. The van der Waals surface area contributed by atoms with Gasteiger partial charge in [-0.2, -0.15) is 22.6 Å². The lowest BCUT2D eigenvalue weighted by atomic mass is 9.60. The molecule has 0 aromatic carbocycles. The third kappa shape index (κ3) is 3.57. The number of carbonyl (C=O) groups is 1. The van der Waals surface area contributed by atoms with Crippen molar-refractivity contribution in [1.82, 2.24) is 33.8 Å². The Hall–Kier alpha value is -2.25. The van der Waals surface area contributed by atoms with E-state index in [1.54, 1.807) is 6.33 Å². The van der Waals surface area contributed by atoms with Gasteiger partial charge in [-0.05, 0) is 43.3 Å². The van der Waals surface area contributed by atoms with E-state index in [0.29, 0.717) is 42.7 Å². The number of alkyl halides is 3. The van der Waals surface area contributed by atoms with Crippen molar-refractivity contribution in [3.05, 3.63) is 28.8 Å². The maximum Gasteiger partial charge on any atom is 0.427 e. The summed E-state index contributed by atoms with van der Waals surface area (Å²) in [6, 6.07) is 1.51. The molecule has 1 N–H and O–H groups in total. The molecule has 5 fully saturated rings. The summed E-state index contributed by atoms with van der Waals surface area (Å²) in [5.74, 6) is 0.530. The molecule has 0 unspecified atom stereocenters. The number of halogens is 3. The molecule has 3 saturated heterocycles. The van der Waals surface area contributed by atoms with Crippen LogP contribution in [-0.2, 0) is 18.3 Å². The monoisotopic (exact) mass is 509 g/mol. The van der Waals surface area contributed by atoms with Crippen LogP contribution in [0.15, 0.2) is 12.4 Å². The predicted octanol–water partition coefficient (Wildman–Crippen LogP) is 2.31. The molecule has 2 aromatic rings. The largest absolute Gasteiger partial charge is 0.427 e. The standard InChI is InChI=1S/C22H26F3N7O2S/c23-22(24,25)16-3-14(28-35-16)6-29-7-20(8-29)11-31(12-20)18(33)30-9-19(10-30)4-15(5-19)32-13-26-17(27-32)21(34)1-2-21/h3,13,15,34H,1-2,4-12H2. The van der Waals surface area contributed by atoms with E-state index in [-0.39, 0.29) is 22.9 Å². The average Bonchev–Trinajstić information content (AvgIpc) is 3.10. The fraction of sp³-hybridized carbons (Fsp3) is 0.727. The quantitative estimate of drug-likeness (QED) is 0.681. The van der Waals surface area contributed by atoms with Gasteiger partial charge in [0.25, 0.3) is 0 Å².